The molecule has 2 N–H and O–H groups in total. The van der Waals surface area contributed by atoms with Crippen LogP contribution in [0.15, 0.2) is 59.3 Å². The molecule has 2 aliphatic heterocycles. The van der Waals surface area contributed by atoms with Crippen molar-refractivity contribution in [2.24, 2.45) is 4.99 Å². The highest BCUT2D eigenvalue weighted by Gasteiger charge is 2.36. The van der Waals surface area contributed by atoms with E-state index >= 15 is 0 Å². The monoisotopic (exact) mass is 474 g/mol. The number of fused-ring (bicyclic) bond motifs is 2. The topological polar surface area (TPSA) is 103 Å². The predicted octanol–water partition coefficient (Wildman–Crippen LogP) is 4.28. The van der Waals surface area contributed by atoms with Crippen LogP contribution in [0.1, 0.15) is 10.6 Å². The van der Waals surface area contributed by atoms with Gasteiger partial charge in [-0.3, -0.25) is 0 Å². The van der Waals surface area contributed by atoms with E-state index in [0.29, 0.717) is 31.7 Å². The third-order valence-corrected chi connectivity index (χ3v) is 6.46. The highest BCUT2D eigenvalue weighted by atomic mass is 32.1. The van der Waals surface area contributed by atoms with Gasteiger partial charge in [0.15, 0.2) is 0 Å². The molecule has 34 heavy (non-hydrogen) atoms. The van der Waals surface area contributed by atoms with Gasteiger partial charge in [0.2, 0.25) is 0 Å². The zero-order chi connectivity index (χ0) is 22.9. The standard InChI is InChI=1S/C24H22N6O3S/c1-14-8-15(3-5-20(14)32-12-22-25-6-7-34-22)28-23-17-9-16(2-4-18(17)26-13-27-23)29-24-30-19-10-31-11-21(19)33-24/h2-9,13,19,21H,10-12H2,1H3,(H,29,30)(H,26,27,28). The van der Waals surface area contributed by atoms with Gasteiger partial charge < -0.3 is 24.8 Å². The van der Waals surface area contributed by atoms with Crippen molar-refractivity contribution in [1.29, 1.82) is 0 Å². The van der Waals surface area contributed by atoms with E-state index < -0.39 is 0 Å². The van der Waals surface area contributed by atoms with Crippen molar-refractivity contribution in [3.63, 3.8) is 0 Å². The lowest BCUT2D eigenvalue weighted by Crippen LogP contribution is -2.21. The van der Waals surface area contributed by atoms with Gasteiger partial charge in [-0.25, -0.2) is 19.9 Å². The molecule has 172 valence electrons. The first-order chi connectivity index (χ1) is 16.7. The summed E-state index contributed by atoms with van der Waals surface area (Å²) in [6.45, 7) is 3.66. The van der Waals surface area contributed by atoms with E-state index in [-0.39, 0.29) is 12.1 Å². The summed E-state index contributed by atoms with van der Waals surface area (Å²) in [5.41, 5.74) is 3.62. The van der Waals surface area contributed by atoms with Crippen molar-refractivity contribution >= 4 is 45.5 Å². The van der Waals surface area contributed by atoms with Crippen molar-refractivity contribution in [3.8, 4) is 5.75 Å². The number of hydrogen-bond donors (Lipinski definition) is 2. The van der Waals surface area contributed by atoms with Crippen LogP contribution in [0, 0.1) is 6.92 Å². The molecule has 9 nitrogen and oxygen atoms in total. The van der Waals surface area contributed by atoms with E-state index in [9.17, 15) is 0 Å². The normalized spacial score (nSPS) is 18.9. The number of nitrogens with one attached hydrogen (secondary N) is 2. The average Bonchev–Trinajstić information content (AvgIpc) is 3.57. The Labute approximate surface area is 199 Å². The summed E-state index contributed by atoms with van der Waals surface area (Å²) in [5.74, 6) is 1.54. The van der Waals surface area contributed by atoms with Crippen LogP contribution in [-0.4, -0.2) is 46.3 Å². The minimum absolute atomic E-state index is 0.000261. The van der Waals surface area contributed by atoms with Gasteiger partial charge in [-0.05, 0) is 48.9 Å². The fourth-order valence-electron chi connectivity index (χ4n) is 3.99. The van der Waals surface area contributed by atoms with Gasteiger partial charge in [-0.1, -0.05) is 0 Å². The number of hydrogen-bond acceptors (Lipinski definition) is 10. The zero-order valence-corrected chi connectivity index (χ0v) is 19.2. The minimum Gasteiger partial charge on any atom is -0.486 e. The molecule has 2 aromatic heterocycles. The average molecular weight is 475 g/mol. The van der Waals surface area contributed by atoms with Crippen LogP contribution in [-0.2, 0) is 16.1 Å². The van der Waals surface area contributed by atoms with E-state index in [4.69, 9.17) is 14.2 Å². The van der Waals surface area contributed by atoms with Crippen molar-refractivity contribution in [2.75, 3.05) is 23.8 Å². The zero-order valence-electron chi connectivity index (χ0n) is 18.4. The van der Waals surface area contributed by atoms with Crippen molar-refractivity contribution < 1.29 is 14.2 Å². The van der Waals surface area contributed by atoms with Gasteiger partial charge in [-0.2, -0.15) is 0 Å². The molecule has 0 amide bonds. The molecule has 2 aliphatic rings. The molecular formula is C24H22N6O3S. The number of aryl methyl sites for hydroxylation is 1. The molecule has 2 unspecified atom stereocenters. The fraction of sp³-hybridized carbons (Fsp3) is 0.250. The van der Waals surface area contributed by atoms with Crippen LogP contribution in [0.5, 0.6) is 5.75 Å². The molecule has 1 fully saturated rings. The molecule has 1 saturated heterocycles. The molecule has 4 aromatic rings. The SMILES string of the molecule is Cc1cc(Nc2ncnc3ccc(NC4=NC5COCC5O4)cc23)ccc1OCc1nccs1. The maximum atomic E-state index is 5.92. The lowest BCUT2D eigenvalue weighted by Gasteiger charge is -2.13. The number of benzene rings is 2. The lowest BCUT2D eigenvalue weighted by molar-refractivity contribution is 0.138. The number of rotatable bonds is 6. The highest BCUT2D eigenvalue weighted by Crippen LogP contribution is 2.29. The van der Waals surface area contributed by atoms with Gasteiger partial charge in [0.25, 0.3) is 6.02 Å². The van der Waals surface area contributed by atoms with Crippen LogP contribution in [0.3, 0.4) is 0 Å². The number of amidine groups is 1. The quantitative estimate of drug-likeness (QED) is 0.427. The van der Waals surface area contributed by atoms with Gasteiger partial charge >= 0.3 is 0 Å². The van der Waals surface area contributed by atoms with Crippen LogP contribution < -0.4 is 15.4 Å². The van der Waals surface area contributed by atoms with E-state index in [1.165, 1.54) is 0 Å². The second-order valence-electron chi connectivity index (χ2n) is 8.09. The molecule has 0 bridgehead atoms. The molecule has 2 atom stereocenters. The summed E-state index contributed by atoms with van der Waals surface area (Å²) in [7, 11) is 0. The molecule has 0 radical (unpaired) electrons. The van der Waals surface area contributed by atoms with Crippen LogP contribution in [0.25, 0.3) is 10.9 Å². The van der Waals surface area contributed by atoms with Crippen LogP contribution in [0.4, 0.5) is 17.2 Å². The Balaban J connectivity index is 1.20. The Morgan fingerprint density at radius 1 is 1.06 bits per heavy atom. The smallest absolute Gasteiger partial charge is 0.290 e. The van der Waals surface area contributed by atoms with Gasteiger partial charge in [-0.15, -0.1) is 11.3 Å². The van der Waals surface area contributed by atoms with E-state index in [1.807, 2.05) is 48.7 Å². The summed E-state index contributed by atoms with van der Waals surface area (Å²) in [4.78, 5) is 17.7. The van der Waals surface area contributed by atoms with Gasteiger partial charge in [0, 0.05) is 28.3 Å². The third kappa shape index (κ3) is 4.25. The largest absolute Gasteiger partial charge is 0.486 e. The number of thiazole rings is 1. The number of anilines is 3. The Bertz CT molecular complexity index is 1360. The van der Waals surface area contributed by atoms with Crippen LogP contribution in [0.2, 0.25) is 0 Å². The van der Waals surface area contributed by atoms with E-state index in [0.717, 1.165) is 38.6 Å². The maximum absolute atomic E-state index is 5.92. The molecule has 0 aliphatic carbocycles. The molecule has 4 heterocycles. The Hall–Kier alpha value is -3.76. The van der Waals surface area contributed by atoms with Crippen molar-refractivity contribution in [1.82, 2.24) is 15.0 Å². The highest BCUT2D eigenvalue weighted by molar-refractivity contribution is 7.09. The predicted molar refractivity (Wildman–Crippen MR) is 131 cm³/mol. The van der Waals surface area contributed by atoms with Crippen molar-refractivity contribution in [2.45, 2.75) is 25.7 Å². The Morgan fingerprint density at radius 2 is 1.97 bits per heavy atom. The Morgan fingerprint density at radius 3 is 2.82 bits per heavy atom. The molecule has 0 spiro atoms. The molecular weight excluding hydrogens is 452 g/mol. The summed E-state index contributed by atoms with van der Waals surface area (Å²) in [6.07, 6.45) is 3.34. The molecule has 0 saturated carbocycles. The summed E-state index contributed by atoms with van der Waals surface area (Å²) in [5, 5.41) is 10.5. The second-order valence-corrected chi connectivity index (χ2v) is 9.07. The minimum atomic E-state index is 0.000261. The second kappa shape index (κ2) is 8.88. The lowest BCUT2D eigenvalue weighted by atomic mass is 10.1. The first-order valence-corrected chi connectivity index (χ1v) is 11.8. The number of aromatic nitrogens is 3. The van der Waals surface area contributed by atoms with Crippen molar-refractivity contribution in [3.05, 3.63) is 64.9 Å². The number of ether oxygens (including phenoxy) is 3. The molecule has 6 rings (SSSR count). The van der Waals surface area contributed by atoms with Gasteiger partial charge in [0.1, 0.15) is 41.7 Å². The third-order valence-electron chi connectivity index (χ3n) is 5.70. The van der Waals surface area contributed by atoms with E-state index in [2.05, 4.69) is 30.6 Å². The van der Waals surface area contributed by atoms with E-state index in [1.54, 1.807) is 23.9 Å². The van der Waals surface area contributed by atoms with Crippen LogP contribution >= 0.6 is 11.3 Å². The summed E-state index contributed by atoms with van der Waals surface area (Å²) in [6, 6.07) is 12.5. The maximum Gasteiger partial charge on any atom is 0.290 e. The number of aliphatic imine (C=N–C) groups is 1. The Kier molecular flexibility index (Phi) is 5.44. The summed E-state index contributed by atoms with van der Waals surface area (Å²) < 4.78 is 17.2. The molecule has 10 heteroatoms. The number of nitrogens with zero attached hydrogens (tertiary/aromatic N) is 4. The fourth-order valence-corrected chi connectivity index (χ4v) is 4.52. The first-order valence-electron chi connectivity index (χ1n) is 10.9. The van der Waals surface area contributed by atoms with Gasteiger partial charge in [0.05, 0.1) is 18.7 Å². The molecule has 2 aromatic carbocycles. The summed E-state index contributed by atoms with van der Waals surface area (Å²) >= 11 is 1.58. The first kappa shape index (κ1) is 20.8.